The van der Waals surface area contributed by atoms with Crippen LogP contribution >= 0.6 is 0 Å². The molecule has 1 aromatic heterocycles. The average molecular weight is 248 g/mol. The van der Waals surface area contributed by atoms with Crippen LogP contribution in [0.4, 0.5) is 17.3 Å². The van der Waals surface area contributed by atoms with Gasteiger partial charge in [0.1, 0.15) is 0 Å². The molecule has 2 aromatic rings. The fourth-order valence-corrected chi connectivity index (χ4v) is 1.31. The fourth-order valence-electron chi connectivity index (χ4n) is 1.31. The number of aromatic hydroxyl groups is 1. The maximum Gasteiger partial charge on any atom is 0.269 e. The first-order chi connectivity index (χ1) is 8.54. The van der Waals surface area contributed by atoms with Gasteiger partial charge in [-0.25, -0.2) is 0 Å². The van der Waals surface area contributed by atoms with Crippen molar-refractivity contribution in [2.24, 2.45) is 0 Å². The number of rotatable bonds is 3. The molecule has 0 unspecified atom stereocenters. The molecule has 1 heterocycles. The first kappa shape index (κ1) is 11.6. The Labute approximate surface area is 100 Å². The number of hydrogen-bond acceptors (Lipinski definition) is 6. The van der Waals surface area contributed by atoms with Crippen molar-refractivity contribution >= 4 is 17.3 Å². The monoisotopic (exact) mass is 248 g/mol. The molecular weight excluding hydrogens is 240 g/mol. The van der Waals surface area contributed by atoms with Crippen molar-refractivity contribution in [3.05, 3.63) is 50.8 Å². The number of hydrogen-bond donors (Lipinski definition) is 3. The van der Waals surface area contributed by atoms with E-state index in [-0.39, 0.29) is 11.6 Å². The van der Waals surface area contributed by atoms with Crippen LogP contribution in [0.15, 0.2) is 35.1 Å². The Morgan fingerprint density at radius 1 is 1.33 bits per heavy atom. The lowest BCUT2D eigenvalue weighted by atomic mass is 10.3. The van der Waals surface area contributed by atoms with E-state index in [1.165, 1.54) is 24.3 Å². The molecule has 0 fully saturated rings. The maximum absolute atomic E-state index is 11.1. The molecule has 0 amide bonds. The molecule has 1 aromatic carbocycles. The van der Waals surface area contributed by atoms with E-state index in [4.69, 9.17) is 5.11 Å². The summed E-state index contributed by atoms with van der Waals surface area (Å²) >= 11 is 0. The number of nitrogens with one attached hydrogen (secondary N) is 2. The Hall–Kier alpha value is -2.90. The molecule has 0 aliphatic heterocycles. The van der Waals surface area contributed by atoms with Gasteiger partial charge in [-0.15, -0.1) is 0 Å². The SMILES string of the molecule is O=c1cc(O)nc(Nc2ccc([N+](=O)[O-])cc2)[nH]1. The molecule has 0 saturated carbocycles. The van der Waals surface area contributed by atoms with E-state index in [2.05, 4.69) is 15.3 Å². The van der Waals surface area contributed by atoms with Crippen LogP contribution in [0.3, 0.4) is 0 Å². The lowest BCUT2D eigenvalue weighted by Gasteiger charge is -2.04. The standard InChI is InChI=1S/C10H8N4O4/c15-8-5-9(16)13-10(12-8)11-6-1-3-7(4-2-6)14(17)18/h1-5H,(H3,11,12,13,15,16). The number of aromatic amines is 1. The predicted molar refractivity (Wildman–Crippen MR) is 62.9 cm³/mol. The minimum absolute atomic E-state index is 0.0436. The molecule has 3 N–H and O–H groups in total. The average Bonchev–Trinajstić information content (AvgIpc) is 2.28. The zero-order valence-corrected chi connectivity index (χ0v) is 8.95. The van der Waals surface area contributed by atoms with Gasteiger partial charge < -0.3 is 10.4 Å². The summed E-state index contributed by atoms with van der Waals surface area (Å²) in [4.78, 5) is 27.0. The van der Waals surface area contributed by atoms with Gasteiger partial charge in [0.25, 0.3) is 11.2 Å². The number of nitro groups is 1. The quantitative estimate of drug-likeness (QED) is 0.552. The van der Waals surface area contributed by atoms with Gasteiger partial charge in [-0.05, 0) is 12.1 Å². The Bertz CT molecular complexity index is 635. The molecule has 0 bridgehead atoms. The molecule has 8 heteroatoms. The number of anilines is 2. The highest BCUT2D eigenvalue weighted by Crippen LogP contribution is 2.17. The van der Waals surface area contributed by atoms with E-state index in [1.54, 1.807) is 0 Å². The molecule has 0 aliphatic rings. The second kappa shape index (κ2) is 4.53. The zero-order chi connectivity index (χ0) is 13.1. The van der Waals surface area contributed by atoms with Gasteiger partial charge in [-0.3, -0.25) is 19.9 Å². The largest absolute Gasteiger partial charge is 0.493 e. The van der Waals surface area contributed by atoms with Crippen molar-refractivity contribution in [3.8, 4) is 5.88 Å². The summed E-state index contributed by atoms with van der Waals surface area (Å²) in [7, 11) is 0. The summed E-state index contributed by atoms with van der Waals surface area (Å²) in [6.45, 7) is 0. The smallest absolute Gasteiger partial charge is 0.269 e. The van der Waals surface area contributed by atoms with E-state index >= 15 is 0 Å². The van der Waals surface area contributed by atoms with Gasteiger partial charge in [0, 0.05) is 17.8 Å². The molecule has 92 valence electrons. The van der Waals surface area contributed by atoms with E-state index in [1.807, 2.05) is 0 Å². The molecule has 18 heavy (non-hydrogen) atoms. The van der Waals surface area contributed by atoms with Crippen molar-refractivity contribution in [2.45, 2.75) is 0 Å². The fraction of sp³-hybridized carbons (Fsp3) is 0. The zero-order valence-electron chi connectivity index (χ0n) is 8.95. The number of aromatic nitrogens is 2. The molecule has 0 radical (unpaired) electrons. The minimum Gasteiger partial charge on any atom is -0.493 e. The maximum atomic E-state index is 11.1. The van der Waals surface area contributed by atoms with Crippen molar-refractivity contribution in [1.29, 1.82) is 0 Å². The normalized spacial score (nSPS) is 10.0. The van der Waals surface area contributed by atoms with Crippen LogP contribution in [0.5, 0.6) is 5.88 Å². The molecule has 0 aliphatic carbocycles. The molecule has 0 atom stereocenters. The highest BCUT2D eigenvalue weighted by Gasteiger charge is 2.05. The molecular formula is C10H8N4O4. The second-order valence-corrected chi connectivity index (χ2v) is 3.38. The second-order valence-electron chi connectivity index (χ2n) is 3.38. The van der Waals surface area contributed by atoms with E-state index in [9.17, 15) is 14.9 Å². The Kier molecular flexibility index (Phi) is 2.92. The highest BCUT2D eigenvalue weighted by molar-refractivity contribution is 5.55. The van der Waals surface area contributed by atoms with Crippen LogP contribution in [0.2, 0.25) is 0 Å². The van der Waals surface area contributed by atoms with E-state index < -0.39 is 16.4 Å². The Morgan fingerprint density at radius 3 is 2.56 bits per heavy atom. The van der Waals surface area contributed by atoms with Crippen LogP contribution in [0, 0.1) is 10.1 Å². The summed E-state index contributed by atoms with van der Waals surface area (Å²) in [5, 5.41) is 22.3. The number of nitrogens with zero attached hydrogens (tertiary/aromatic N) is 2. The van der Waals surface area contributed by atoms with Crippen LogP contribution in [-0.4, -0.2) is 20.0 Å². The van der Waals surface area contributed by atoms with Gasteiger partial charge in [-0.2, -0.15) is 4.98 Å². The third-order valence-corrected chi connectivity index (χ3v) is 2.07. The summed E-state index contributed by atoms with van der Waals surface area (Å²) in [6.07, 6.45) is 0. The van der Waals surface area contributed by atoms with Gasteiger partial charge in [-0.1, -0.05) is 0 Å². The lowest BCUT2D eigenvalue weighted by molar-refractivity contribution is -0.384. The third-order valence-electron chi connectivity index (χ3n) is 2.07. The van der Waals surface area contributed by atoms with Crippen molar-refractivity contribution < 1.29 is 10.0 Å². The van der Waals surface area contributed by atoms with Crippen LogP contribution in [0.1, 0.15) is 0 Å². The van der Waals surface area contributed by atoms with E-state index in [0.29, 0.717) is 5.69 Å². The van der Waals surface area contributed by atoms with E-state index in [0.717, 1.165) is 6.07 Å². The van der Waals surface area contributed by atoms with Crippen LogP contribution < -0.4 is 10.9 Å². The summed E-state index contributed by atoms with van der Waals surface area (Å²) in [5.74, 6) is -0.364. The Morgan fingerprint density at radius 2 is 2.00 bits per heavy atom. The molecule has 2 rings (SSSR count). The van der Waals surface area contributed by atoms with Crippen LogP contribution in [-0.2, 0) is 0 Å². The third kappa shape index (κ3) is 2.61. The topological polar surface area (TPSA) is 121 Å². The van der Waals surface area contributed by atoms with Crippen molar-refractivity contribution in [1.82, 2.24) is 9.97 Å². The number of non-ortho nitro benzene ring substituents is 1. The summed E-state index contributed by atoms with van der Waals surface area (Å²) < 4.78 is 0. The molecule has 0 saturated heterocycles. The van der Waals surface area contributed by atoms with Crippen molar-refractivity contribution in [3.63, 3.8) is 0 Å². The molecule has 0 spiro atoms. The molecule has 8 nitrogen and oxygen atoms in total. The predicted octanol–water partition coefficient (Wildman–Crippen LogP) is 1.13. The van der Waals surface area contributed by atoms with Crippen LogP contribution in [0.25, 0.3) is 0 Å². The minimum atomic E-state index is -0.516. The lowest BCUT2D eigenvalue weighted by Crippen LogP contribution is -2.08. The first-order valence-corrected chi connectivity index (χ1v) is 4.86. The number of H-pyrrole nitrogens is 1. The number of nitro benzene ring substituents is 1. The number of benzene rings is 1. The van der Waals surface area contributed by atoms with Gasteiger partial charge in [0.15, 0.2) is 0 Å². The first-order valence-electron chi connectivity index (χ1n) is 4.86. The van der Waals surface area contributed by atoms with Crippen molar-refractivity contribution in [2.75, 3.05) is 5.32 Å². The summed E-state index contributed by atoms with van der Waals surface area (Å²) in [6, 6.07) is 6.47. The van der Waals surface area contributed by atoms with Gasteiger partial charge in [0.2, 0.25) is 11.8 Å². The van der Waals surface area contributed by atoms with Gasteiger partial charge >= 0.3 is 0 Å². The highest BCUT2D eigenvalue weighted by atomic mass is 16.6. The summed E-state index contributed by atoms with van der Waals surface area (Å²) in [5.41, 5.74) is -0.0563. The Balaban J connectivity index is 2.23. The van der Waals surface area contributed by atoms with Gasteiger partial charge in [0.05, 0.1) is 11.0 Å².